The number of amides is 1. The number of benzene rings is 3. The van der Waals surface area contributed by atoms with Gasteiger partial charge in [0.25, 0.3) is 5.91 Å². The highest BCUT2D eigenvalue weighted by Crippen LogP contribution is 2.20. The molecule has 1 aromatic heterocycles. The number of carbonyl (C=O) groups excluding carboxylic acids is 1. The van der Waals surface area contributed by atoms with Gasteiger partial charge in [-0.3, -0.25) is 4.79 Å². The molecule has 31 heavy (non-hydrogen) atoms. The third-order valence-electron chi connectivity index (χ3n) is 4.57. The zero-order valence-corrected chi connectivity index (χ0v) is 17.1. The van der Waals surface area contributed by atoms with Gasteiger partial charge in [-0.15, -0.1) is 0 Å². The number of nitrogens with one attached hydrogen (secondary N) is 2. The number of rotatable bonds is 6. The van der Waals surface area contributed by atoms with Crippen LogP contribution >= 0.6 is 11.6 Å². The van der Waals surface area contributed by atoms with Gasteiger partial charge in [0.15, 0.2) is 5.82 Å². The summed E-state index contributed by atoms with van der Waals surface area (Å²) in [6.45, 7) is 0.353. The summed E-state index contributed by atoms with van der Waals surface area (Å²) >= 11 is 6.12. The van der Waals surface area contributed by atoms with E-state index in [0.717, 1.165) is 16.8 Å². The number of aromatic nitrogens is 2. The lowest BCUT2D eigenvalue weighted by molar-refractivity contribution is 0.0951. The first-order valence-corrected chi connectivity index (χ1v) is 9.94. The van der Waals surface area contributed by atoms with Crippen LogP contribution in [0.1, 0.15) is 15.9 Å². The largest absolute Gasteiger partial charge is 0.348 e. The molecular formula is C24H18ClFN4O. The normalized spacial score (nSPS) is 10.5. The van der Waals surface area contributed by atoms with Gasteiger partial charge in [0.05, 0.1) is 0 Å². The van der Waals surface area contributed by atoms with Gasteiger partial charge in [0, 0.05) is 34.6 Å². The van der Waals surface area contributed by atoms with Crippen molar-refractivity contribution >= 4 is 29.0 Å². The summed E-state index contributed by atoms with van der Waals surface area (Å²) in [5, 5.41) is 6.66. The summed E-state index contributed by atoms with van der Waals surface area (Å²) in [6.07, 6.45) is 1.63. The number of nitrogens with zero attached hydrogens (tertiary/aromatic N) is 2. The topological polar surface area (TPSA) is 66.9 Å². The average molecular weight is 433 g/mol. The second-order valence-corrected chi connectivity index (χ2v) is 7.16. The Morgan fingerprint density at radius 2 is 1.68 bits per heavy atom. The van der Waals surface area contributed by atoms with Crippen molar-refractivity contribution in [1.82, 2.24) is 15.3 Å². The smallest absolute Gasteiger partial charge is 0.251 e. The second kappa shape index (κ2) is 9.36. The fraction of sp³-hybridized carbons (Fsp3) is 0.0417. The van der Waals surface area contributed by atoms with Crippen molar-refractivity contribution in [2.75, 3.05) is 5.32 Å². The molecule has 0 aliphatic heterocycles. The average Bonchev–Trinajstić information content (AvgIpc) is 2.79. The zero-order chi connectivity index (χ0) is 21.6. The molecule has 2 N–H and O–H groups in total. The lowest BCUT2D eigenvalue weighted by Crippen LogP contribution is -2.22. The van der Waals surface area contributed by atoms with E-state index in [9.17, 15) is 9.18 Å². The molecule has 0 unspecified atom stereocenters. The van der Waals surface area contributed by atoms with E-state index < -0.39 is 0 Å². The lowest BCUT2D eigenvalue weighted by atomic mass is 10.1. The summed E-state index contributed by atoms with van der Waals surface area (Å²) in [5.41, 5.74) is 2.88. The standard InChI is InChI=1S/C24H18ClFN4O/c25-21-4-2-1-3-18(21)15-28-24(31)17-7-11-20(12-8-17)29-22-13-14-27-23(30-22)16-5-9-19(26)10-6-16/h1-14H,15H2,(H,28,31)(H,27,29,30). The third kappa shape index (κ3) is 5.24. The van der Waals surface area contributed by atoms with E-state index in [1.807, 2.05) is 18.2 Å². The van der Waals surface area contributed by atoms with Crippen LogP contribution in [0.25, 0.3) is 11.4 Å². The Morgan fingerprint density at radius 3 is 2.42 bits per heavy atom. The predicted molar refractivity (Wildman–Crippen MR) is 120 cm³/mol. The van der Waals surface area contributed by atoms with Crippen LogP contribution in [0.2, 0.25) is 5.02 Å². The highest BCUT2D eigenvalue weighted by molar-refractivity contribution is 6.31. The molecule has 0 atom stereocenters. The summed E-state index contributed by atoms with van der Waals surface area (Å²) in [6, 6.07) is 22.2. The Bertz CT molecular complexity index is 1200. The molecule has 0 radical (unpaired) electrons. The molecule has 0 aliphatic carbocycles. The summed E-state index contributed by atoms with van der Waals surface area (Å²) in [4.78, 5) is 21.1. The quantitative estimate of drug-likeness (QED) is 0.415. The molecule has 154 valence electrons. The van der Waals surface area contributed by atoms with Crippen molar-refractivity contribution in [3.63, 3.8) is 0 Å². The molecule has 7 heteroatoms. The van der Waals surface area contributed by atoms with Crippen molar-refractivity contribution in [3.8, 4) is 11.4 Å². The van der Waals surface area contributed by atoms with E-state index in [1.54, 1.807) is 54.7 Å². The van der Waals surface area contributed by atoms with Crippen LogP contribution in [0.5, 0.6) is 0 Å². The molecule has 0 aliphatic rings. The Kier molecular flexibility index (Phi) is 6.19. The molecule has 1 amide bonds. The minimum absolute atomic E-state index is 0.188. The zero-order valence-electron chi connectivity index (χ0n) is 16.3. The molecule has 4 aromatic rings. The SMILES string of the molecule is O=C(NCc1ccccc1Cl)c1ccc(Nc2ccnc(-c3ccc(F)cc3)n2)cc1. The van der Waals surface area contributed by atoms with Crippen LogP contribution in [0, 0.1) is 5.82 Å². The van der Waals surface area contributed by atoms with Gasteiger partial charge in [-0.25, -0.2) is 14.4 Å². The van der Waals surface area contributed by atoms with E-state index in [4.69, 9.17) is 11.6 Å². The van der Waals surface area contributed by atoms with Gasteiger partial charge in [-0.2, -0.15) is 0 Å². The minimum atomic E-state index is -0.311. The van der Waals surface area contributed by atoms with Crippen LogP contribution in [-0.4, -0.2) is 15.9 Å². The van der Waals surface area contributed by atoms with Gasteiger partial charge < -0.3 is 10.6 Å². The fourth-order valence-electron chi connectivity index (χ4n) is 2.94. The van der Waals surface area contributed by atoms with Gasteiger partial charge in [0.2, 0.25) is 0 Å². The summed E-state index contributed by atoms with van der Waals surface area (Å²) < 4.78 is 13.1. The van der Waals surface area contributed by atoms with Crippen molar-refractivity contribution in [2.45, 2.75) is 6.54 Å². The van der Waals surface area contributed by atoms with Crippen LogP contribution in [-0.2, 0) is 6.54 Å². The first-order chi connectivity index (χ1) is 15.1. The lowest BCUT2D eigenvalue weighted by Gasteiger charge is -2.09. The fourth-order valence-corrected chi connectivity index (χ4v) is 3.14. The number of halogens is 2. The second-order valence-electron chi connectivity index (χ2n) is 6.75. The molecular weight excluding hydrogens is 415 g/mol. The Labute approximate surface area is 184 Å². The first kappa shape index (κ1) is 20.5. The molecule has 0 saturated carbocycles. The maximum Gasteiger partial charge on any atom is 0.251 e. The third-order valence-corrected chi connectivity index (χ3v) is 4.94. The van der Waals surface area contributed by atoms with Crippen molar-refractivity contribution in [3.05, 3.63) is 107 Å². The van der Waals surface area contributed by atoms with Crippen LogP contribution in [0.3, 0.4) is 0 Å². The van der Waals surface area contributed by atoms with E-state index >= 15 is 0 Å². The van der Waals surface area contributed by atoms with Gasteiger partial charge in [-0.1, -0.05) is 29.8 Å². The van der Waals surface area contributed by atoms with E-state index in [1.165, 1.54) is 12.1 Å². The molecule has 0 fully saturated rings. The summed E-state index contributed by atoms with van der Waals surface area (Å²) in [7, 11) is 0. The number of anilines is 2. The molecule has 0 spiro atoms. The number of hydrogen-bond donors (Lipinski definition) is 2. The molecule has 4 rings (SSSR count). The Hall–Kier alpha value is -3.77. The Balaban J connectivity index is 1.40. The van der Waals surface area contributed by atoms with E-state index in [0.29, 0.717) is 28.8 Å². The number of carbonyl (C=O) groups is 1. The maximum absolute atomic E-state index is 13.1. The minimum Gasteiger partial charge on any atom is -0.348 e. The van der Waals surface area contributed by atoms with Crippen molar-refractivity contribution in [2.24, 2.45) is 0 Å². The molecule has 1 heterocycles. The summed E-state index contributed by atoms with van der Waals surface area (Å²) in [5.74, 6) is 0.576. The van der Waals surface area contributed by atoms with Crippen molar-refractivity contribution < 1.29 is 9.18 Å². The predicted octanol–water partition coefficient (Wildman–Crippen LogP) is 5.61. The van der Waals surface area contributed by atoms with Crippen LogP contribution in [0.4, 0.5) is 15.9 Å². The first-order valence-electron chi connectivity index (χ1n) is 9.56. The monoisotopic (exact) mass is 432 g/mol. The Morgan fingerprint density at radius 1 is 0.935 bits per heavy atom. The van der Waals surface area contributed by atoms with E-state index in [2.05, 4.69) is 20.6 Å². The highest BCUT2D eigenvalue weighted by atomic mass is 35.5. The van der Waals surface area contributed by atoms with E-state index in [-0.39, 0.29) is 11.7 Å². The molecule has 0 saturated heterocycles. The molecule has 0 bridgehead atoms. The van der Waals surface area contributed by atoms with Crippen LogP contribution in [0.15, 0.2) is 85.1 Å². The van der Waals surface area contributed by atoms with Crippen LogP contribution < -0.4 is 10.6 Å². The van der Waals surface area contributed by atoms with Gasteiger partial charge >= 0.3 is 0 Å². The molecule has 3 aromatic carbocycles. The maximum atomic E-state index is 13.1. The van der Waals surface area contributed by atoms with Crippen molar-refractivity contribution in [1.29, 1.82) is 0 Å². The van der Waals surface area contributed by atoms with Gasteiger partial charge in [-0.05, 0) is 66.2 Å². The number of hydrogen-bond acceptors (Lipinski definition) is 4. The molecule has 5 nitrogen and oxygen atoms in total. The van der Waals surface area contributed by atoms with Gasteiger partial charge in [0.1, 0.15) is 11.6 Å². The highest BCUT2D eigenvalue weighted by Gasteiger charge is 2.08.